The molecule has 116 valence electrons. The van der Waals surface area contributed by atoms with Gasteiger partial charge < -0.3 is 22.9 Å². The third-order valence-electron chi connectivity index (χ3n) is 2.86. The van der Waals surface area contributed by atoms with Crippen LogP contribution in [0, 0.1) is 0 Å². The average molecular weight is 280 g/mol. The van der Waals surface area contributed by atoms with Gasteiger partial charge in [0.05, 0.1) is 0 Å². The number of nitrogens with two attached hydrogens (primary N) is 4. The zero-order valence-corrected chi connectivity index (χ0v) is 12.6. The monoisotopic (exact) mass is 280 g/mol. The highest BCUT2D eigenvalue weighted by atomic mass is 14.8. The molecular weight excluding hydrogens is 248 g/mol. The summed E-state index contributed by atoms with van der Waals surface area (Å²) in [4.78, 5) is 0. The topological polar surface area (TPSA) is 104 Å². The predicted molar refractivity (Wildman–Crippen MR) is 91.2 cm³/mol. The Labute approximate surface area is 124 Å². The van der Waals surface area contributed by atoms with E-state index in [0.717, 1.165) is 25.7 Å². The van der Waals surface area contributed by atoms with Crippen molar-refractivity contribution in [2.75, 3.05) is 0 Å². The van der Waals surface area contributed by atoms with E-state index >= 15 is 0 Å². The van der Waals surface area contributed by atoms with Crippen LogP contribution < -0.4 is 22.9 Å². The smallest absolute Gasteiger partial charge is 0.0230 e. The highest BCUT2D eigenvalue weighted by Gasteiger charge is 2.09. The van der Waals surface area contributed by atoms with Crippen molar-refractivity contribution >= 4 is 0 Å². The van der Waals surface area contributed by atoms with E-state index in [9.17, 15) is 0 Å². The minimum atomic E-state index is 0.0236. The standard InChI is InChI=1S/2C8H16N2/c2*1-3-5-7(9)8(10)6-4-2/h2*3-4,7-8H,1-2,5-6,9-10H2. The van der Waals surface area contributed by atoms with E-state index in [-0.39, 0.29) is 24.2 Å². The summed E-state index contributed by atoms with van der Waals surface area (Å²) in [5, 5.41) is 0. The van der Waals surface area contributed by atoms with Gasteiger partial charge in [-0.15, -0.1) is 26.3 Å². The van der Waals surface area contributed by atoms with Crippen LogP contribution >= 0.6 is 0 Å². The van der Waals surface area contributed by atoms with Crippen LogP contribution in [0.15, 0.2) is 50.6 Å². The van der Waals surface area contributed by atoms with Crippen LogP contribution in [-0.2, 0) is 0 Å². The molecule has 0 saturated heterocycles. The zero-order chi connectivity index (χ0) is 16.0. The summed E-state index contributed by atoms with van der Waals surface area (Å²) in [6.07, 6.45) is 10.2. The first-order valence-electron chi connectivity index (χ1n) is 6.90. The zero-order valence-electron chi connectivity index (χ0n) is 12.6. The fourth-order valence-electron chi connectivity index (χ4n) is 1.47. The predicted octanol–water partition coefficient (Wildman–Crippen LogP) is 1.59. The third kappa shape index (κ3) is 11.9. The van der Waals surface area contributed by atoms with Crippen LogP contribution in [-0.4, -0.2) is 24.2 Å². The van der Waals surface area contributed by atoms with E-state index in [0.29, 0.717) is 0 Å². The van der Waals surface area contributed by atoms with Crippen LogP contribution in [0.1, 0.15) is 25.7 Å². The minimum absolute atomic E-state index is 0.0236. The Morgan fingerprint density at radius 2 is 0.650 bits per heavy atom. The van der Waals surface area contributed by atoms with Gasteiger partial charge in [-0.2, -0.15) is 0 Å². The van der Waals surface area contributed by atoms with Crippen molar-refractivity contribution < 1.29 is 0 Å². The molecule has 20 heavy (non-hydrogen) atoms. The first kappa shape index (κ1) is 21.1. The lowest BCUT2D eigenvalue weighted by atomic mass is 10.0. The van der Waals surface area contributed by atoms with Gasteiger partial charge >= 0.3 is 0 Å². The second-order valence-corrected chi connectivity index (χ2v) is 4.75. The van der Waals surface area contributed by atoms with Crippen LogP contribution in [0.5, 0.6) is 0 Å². The Morgan fingerprint density at radius 1 is 0.500 bits per heavy atom. The highest BCUT2D eigenvalue weighted by molar-refractivity contribution is 4.88. The summed E-state index contributed by atoms with van der Waals surface area (Å²) in [6, 6.07) is 0.0944. The van der Waals surface area contributed by atoms with Gasteiger partial charge in [-0.3, -0.25) is 0 Å². The number of rotatable bonds is 10. The molecule has 0 aliphatic carbocycles. The summed E-state index contributed by atoms with van der Waals surface area (Å²) >= 11 is 0. The molecule has 4 unspecified atom stereocenters. The quantitative estimate of drug-likeness (QED) is 0.456. The molecule has 0 aromatic heterocycles. The lowest BCUT2D eigenvalue weighted by molar-refractivity contribution is 0.534. The van der Waals surface area contributed by atoms with Crippen molar-refractivity contribution in [3.63, 3.8) is 0 Å². The first-order valence-corrected chi connectivity index (χ1v) is 6.90. The second kappa shape index (κ2) is 14.2. The van der Waals surface area contributed by atoms with Gasteiger partial charge in [0.1, 0.15) is 0 Å². The number of hydrogen-bond acceptors (Lipinski definition) is 4. The van der Waals surface area contributed by atoms with E-state index in [2.05, 4.69) is 26.3 Å². The molecule has 4 atom stereocenters. The number of hydrogen-bond donors (Lipinski definition) is 4. The van der Waals surface area contributed by atoms with Crippen molar-refractivity contribution in [1.82, 2.24) is 0 Å². The maximum atomic E-state index is 5.67. The van der Waals surface area contributed by atoms with E-state index in [4.69, 9.17) is 22.9 Å². The molecule has 0 amide bonds. The summed E-state index contributed by atoms with van der Waals surface area (Å²) < 4.78 is 0. The van der Waals surface area contributed by atoms with Crippen molar-refractivity contribution in [1.29, 1.82) is 0 Å². The molecule has 8 N–H and O–H groups in total. The Balaban J connectivity index is 0. The highest BCUT2D eigenvalue weighted by Crippen LogP contribution is 1.99. The molecule has 4 heteroatoms. The van der Waals surface area contributed by atoms with Crippen LogP contribution in [0.2, 0.25) is 0 Å². The van der Waals surface area contributed by atoms with Gasteiger partial charge in [0, 0.05) is 24.2 Å². The molecule has 0 bridgehead atoms. The molecular formula is C16H32N4. The molecule has 0 rings (SSSR count). The molecule has 0 aliphatic rings. The summed E-state index contributed by atoms with van der Waals surface area (Å²) in [7, 11) is 0. The third-order valence-corrected chi connectivity index (χ3v) is 2.86. The molecule has 4 nitrogen and oxygen atoms in total. The SMILES string of the molecule is C=CCC(N)C(N)CC=C.C=CCC(N)C(N)CC=C. The van der Waals surface area contributed by atoms with Crippen LogP contribution in [0.3, 0.4) is 0 Å². The normalized spacial score (nSPS) is 15.8. The summed E-state index contributed by atoms with van der Waals surface area (Å²) in [6.45, 7) is 14.3. The fourth-order valence-corrected chi connectivity index (χ4v) is 1.47. The van der Waals surface area contributed by atoms with E-state index in [1.54, 1.807) is 24.3 Å². The van der Waals surface area contributed by atoms with E-state index in [1.807, 2.05) is 0 Å². The molecule has 0 radical (unpaired) electrons. The Kier molecular flexibility index (Phi) is 15.0. The van der Waals surface area contributed by atoms with Crippen molar-refractivity contribution in [3.8, 4) is 0 Å². The van der Waals surface area contributed by atoms with E-state index in [1.165, 1.54) is 0 Å². The van der Waals surface area contributed by atoms with Gasteiger partial charge in [-0.25, -0.2) is 0 Å². The molecule has 0 saturated carbocycles. The van der Waals surface area contributed by atoms with Crippen LogP contribution in [0.4, 0.5) is 0 Å². The van der Waals surface area contributed by atoms with Gasteiger partial charge in [-0.1, -0.05) is 24.3 Å². The van der Waals surface area contributed by atoms with Gasteiger partial charge in [-0.05, 0) is 25.7 Å². The van der Waals surface area contributed by atoms with Crippen LogP contribution in [0.25, 0.3) is 0 Å². The van der Waals surface area contributed by atoms with Crippen molar-refractivity contribution in [2.24, 2.45) is 22.9 Å². The molecule has 0 aromatic carbocycles. The Morgan fingerprint density at radius 3 is 0.750 bits per heavy atom. The average Bonchev–Trinajstić information content (AvgIpc) is 2.40. The lowest BCUT2D eigenvalue weighted by Crippen LogP contribution is -2.40. The second-order valence-electron chi connectivity index (χ2n) is 4.75. The lowest BCUT2D eigenvalue weighted by Gasteiger charge is -2.15. The summed E-state index contributed by atoms with van der Waals surface area (Å²) in [5.41, 5.74) is 22.7. The molecule has 0 spiro atoms. The largest absolute Gasteiger partial charge is 0.326 e. The maximum Gasteiger partial charge on any atom is 0.0230 e. The summed E-state index contributed by atoms with van der Waals surface area (Å²) in [5.74, 6) is 0. The van der Waals surface area contributed by atoms with Crippen molar-refractivity contribution in [3.05, 3.63) is 50.6 Å². The van der Waals surface area contributed by atoms with Gasteiger partial charge in [0.15, 0.2) is 0 Å². The van der Waals surface area contributed by atoms with E-state index < -0.39 is 0 Å². The first-order chi connectivity index (χ1) is 9.44. The molecule has 0 aliphatic heterocycles. The molecule has 0 fully saturated rings. The fraction of sp³-hybridized carbons (Fsp3) is 0.500. The minimum Gasteiger partial charge on any atom is -0.326 e. The van der Waals surface area contributed by atoms with Gasteiger partial charge in [0.2, 0.25) is 0 Å². The molecule has 0 aromatic rings. The Bertz CT molecular complexity index is 220. The van der Waals surface area contributed by atoms with Crippen molar-refractivity contribution in [2.45, 2.75) is 49.9 Å². The Hall–Kier alpha value is -1.20. The maximum absolute atomic E-state index is 5.67. The molecule has 0 heterocycles. The van der Waals surface area contributed by atoms with Gasteiger partial charge in [0.25, 0.3) is 0 Å².